The van der Waals surface area contributed by atoms with Crippen LogP contribution in [0.25, 0.3) is 21.8 Å². The van der Waals surface area contributed by atoms with Crippen molar-refractivity contribution in [2.24, 2.45) is 0 Å². The summed E-state index contributed by atoms with van der Waals surface area (Å²) in [7, 11) is -4.75. The second kappa shape index (κ2) is 29.9. The lowest BCUT2D eigenvalue weighted by atomic mass is 10.1. The van der Waals surface area contributed by atoms with E-state index in [2.05, 4.69) is 39.4 Å². The van der Waals surface area contributed by atoms with Crippen molar-refractivity contribution in [3.8, 4) is 11.5 Å². The Morgan fingerprint density at radius 1 is 0.446 bits per heavy atom. The van der Waals surface area contributed by atoms with Gasteiger partial charge in [0, 0.05) is 88.6 Å². The Hall–Kier alpha value is -6.42. The highest BCUT2D eigenvalue weighted by Gasteiger charge is 2.31. The smallest absolute Gasteiger partial charge is 0.338 e. The van der Waals surface area contributed by atoms with Crippen LogP contribution >= 0.6 is 0 Å². The maximum atomic E-state index is 14.1. The van der Waals surface area contributed by atoms with Gasteiger partial charge in [-0.15, -0.1) is 0 Å². The minimum atomic E-state index is -3.93. The number of carbonyl (C=O) groups excluding carboxylic acids is 2. The molecule has 0 atom stereocenters. The van der Waals surface area contributed by atoms with E-state index in [0.717, 1.165) is 65.2 Å². The summed E-state index contributed by atoms with van der Waals surface area (Å²) >= 11 is 0. The first-order valence-electron chi connectivity index (χ1n) is 29.7. The van der Waals surface area contributed by atoms with Gasteiger partial charge in [0.15, 0.2) is 0 Å². The van der Waals surface area contributed by atoms with Gasteiger partial charge in [-0.25, -0.2) is 26.4 Å². The first-order chi connectivity index (χ1) is 40.3. The number of likely N-dealkylation sites (tertiary alicyclic amines) is 2. The number of benzene rings is 4. The Labute approximate surface area is 491 Å². The van der Waals surface area contributed by atoms with Crippen molar-refractivity contribution in [2.75, 3.05) is 142 Å². The van der Waals surface area contributed by atoms with Crippen molar-refractivity contribution < 1.29 is 45.4 Å². The summed E-state index contributed by atoms with van der Waals surface area (Å²) in [6, 6.07) is 23.1. The second-order valence-corrected chi connectivity index (χ2v) is 24.9. The van der Waals surface area contributed by atoms with E-state index in [1.54, 1.807) is 113 Å². The van der Waals surface area contributed by atoms with Crippen LogP contribution in [-0.4, -0.2) is 190 Å². The quantitative estimate of drug-likeness (QED) is 0.0741. The number of pyridine rings is 2. The Morgan fingerprint density at radius 2 is 0.795 bits per heavy atom. The van der Waals surface area contributed by atoms with Crippen molar-refractivity contribution in [3.63, 3.8) is 0 Å². The molecule has 4 aliphatic heterocycles. The van der Waals surface area contributed by atoms with Gasteiger partial charge in [0.1, 0.15) is 21.3 Å². The summed E-state index contributed by atoms with van der Waals surface area (Å²) < 4.78 is 77.2. The van der Waals surface area contributed by atoms with Gasteiger partial charge in [0.05, 0.1) is 70.8 Å². The SMILES string of the molecule is CC.CCOC(=O)c1ccc2ncc(S(=O)(=O)c3ccc(OC)cc3)c(N3CCCN(CCN4CCCC4)CC3)c2c1.CCOC(=O)c1ccc2ncc(S(=O)(=O)c3ccc(OC)cc3)c(N3CCCN(CCN4CCCCC4)CC3)c2c1. The number of aromatic nitrogens is 2. The molecule has 4 saturated heterocycles. The van der Waals surface area contributed by atoms with Crippen LogP contribution in [0.3, 0.4) is 0 Å². The lowest BCUT2D eigenvalue weighted by Gasteiger charge is -2.30. The molecule has 4 aliphatic rings. The highest BCUT2D eigenvalue weighted by atomic mass is 32.2. The van der Waals surface area contributed by atoms with E-state index in [9.17, 15) is 26.4 Å². The van der Waals surface area contributed by atoms with Crippen LogP contribution in [0.5, 0.6) is 11.5 Å². The van der Waals surface area contributed by atoms with Crippen LogP contribution in [0.4, 0.5) is 11.4 Å². The number of piperidine rings is 1. The predicted molar refractivity (Wildman–Crippen MR) is 326 cm³/mol. The normalized spacial score (nSPS) is 16.9. The van der Waals surface area contributed by atoms with Crippen molar-refractivity contribution >= 4 is 64.8 Å². The molecule has 448 valence electrons. The maximum Gasteiger partial charge on any atom is 0.338 e. The van der Waals surface area contributed by atoms with Crippen LogP contribution in [-0.2, 0) is 29.1 Å². The Balaban J connectivity index is 0.000000211. The fraction of sp³-hybridized carbons (Fsp3) is 0.492. The number of ether oxygens (including phenoxy) is 4. The number of esters is 2. The summed E-state index contributed by atoms with van der Waals surface area (Å²) in [6.45, 7) is 23.2. The van der Waals surface area contributed by atoms with E-state index >= 15 is 0 Å². The van der Waals surface area contributed by atoms with Gasteiger partial charge in [-0.05, 0) is 177 Å². The second-order valence-electron chi connectivity index (χ2n) is 21.0. The van der Waals surface area contributed by atoms with Crippen LogP contribution < -0.4 is 19.3 Å². The zero-order valence-corrected chi connectivity index (χ0v) is 51.0. The van der Waals surface area contributed by atoms with E-state index in [-0.39, 0.29) is 32.8 Å². The van der Waals surface area contributed by atoms with E-state index in [4.69, 9.17) is 18.9 Å². The van der Waals surface area contributed by atoms with Crippen LogP contribution in [0, 0.1) is 0 Å². The summed E-state index contributed by atoms with van der Waals surface area (Å²) in [5.74, 6) is 0.278. The Morgan fingerprint density at radius 3 is 1.16 bits per heavy atom. The van der Waals surface area contributed by atoms with Gasteiger partial charge < -0.3 is 48.3 Å². The largest absolute Gasteiger partial charge is 0.497 e. The molecule has 6 heterocycles. The number of anilines is 2. The number of methoxy groups -OCH3 is 2. The van der Waals surface area contributed by atoms with Gasteiger partial charge in [0.25, 0.3) is 0 Å². The molecule has 0 spiro atoms. The fourth-order valence-electron chi connectivity index (χ4n) is 11.4. The molecule has 0 radical (unpaired) electrons. The number of hydrogen-bond acceptors (Lipinski definition) is 18. The number of sulfone groups is 2. The first kappa shape index (κ1) is 62.6. The lowest BCUT2D eigenvalue weighted by molar-refractivity contribution is 0.0517. The van der Waals surface area contributed by atoms with Crippen molar-refractivity contribution in [1.82, 2.24) is 29.6 Å². The highest BCUT2D eigenvalue weighted by molar-refractivity contribution is 7.92. The molecular formula is C63H84N8O10S2. The topological polar surface area (TPSA) is 185 Å². The van der Waals surface area contributed by atoms with Crippen molar-refractivity contribution in [1.29, 1.82) is 0 Å². The monoisotopic (exact) mass is 1180 g/mol. The Bertz CT molecular complexity index is 3340. The molecule has 2 aromatic heterocycles. The summed E-state index contributed by atoms with van der Waals surface area (Å²) in [6.07, 6.45) is 11.2. The summed E-state index contributed by atoms with van der Waals surface area (Å²) in [5.41, 5.74) is 3.20. The molecule has 20 heteroatoms. The van der Waals surface area contributed by atoms with Gasteiger partial charge in [-0.1, -0.05) is 20.3 Å². The molecule has 0 bridgehead atoms. The number of hydrogen-bond donors (Lipinski definition) is 0. The average Bonchev–Trinajstić information content (AvgIpc) is 3.10. The molecule has 0 amide bonds. The zero-order chi connectivity index (χ0) is 58.9. The number of rotatable bonds is 18. The molecule has 4 aromatic carbocycles. The molecule has 83 heavy (non-hydrogen) atoms. The van der Waals surface area contributed by atoms with Gasteiger partial charge in [0.2, 0.25) is 19.7 Å². The zero-order valence-electron chi connectivity index (χ0n) is 49.4. The van der Waals surface area contributed by atoms with E-state index in [0.29, 0.717) is 82.0 Å². The maximum absolute atomic E-state index is 14.1. The van der Waals surface area contributed by atoms with Gasteiger partial charge in [-0.3, -0.25) is 9.97 Å². The number of fused-ring (bicyclic) bond motifs is 2. The van der Waals surface area contributed by atoms with Crippen LogP contribution in [0.2, 0.25) is 0 Å². The van der Waals surface area contributed by atoms with Crippen LogP contribution in [0.1, 0.15) is 93.4 Å². The molecule has 0 N–H and O–H groups in total. The molecule has 4 fully saturated rings. The van der Waals surface area contributed by atoms with E-state index in [1.165, 1.54) is 70.7 Å². The number of carbonyl (C=O) groups is 2. The standard InChI is InChI=1S/C31H40N4O5S.C30H38N4O5S.C2H6/c1-3-40-31(36)24-8-13-28-27(22-24)30(29(23-32-28)41(37,38)26-11-9-25(39-2)10-12-26)35-17-7-16-34(20-21-35)19-18-33-14-5-4-6-15-33;1-3-39-30(35)23-7-12-27-26(21-23)29(28(22-31-27)40(36,37)25-10-8-24(38-2)9-11-25)34-16-6-15-33(19-20-34)18-17-32-13-4-5-14-32;1-2/h8-13,22-23H,3-7,14-21H2,1-2H3;7-12,21-22H,3-6,13-20H2,1-2H3;1-2H3. The van der Waals surface area contributed by atoms with Crippen molar-refractivity contribution in [2.45, 2.75) is 92.2 Å². The number of nitrogens with zero attached hydrogens (tertiary/aromatic N) is 8. The van der Waals surface area contributed by atoms with E-state index in [1.807, 2.05) is 13.8 Å². The molecule has 0 saturated carbocycles. The fourth-order valence-corrected chi connectivity index (χ4v) is 14.3. The van der Waals surface area contributed by atoms with Gasteiger partial charge >= 0.3 is 11.9 Å². The molecule has 6 aromatic rings. The summed E-state index contributed by atoms with van der Waals surface area (Å²) in [5, 5.41) is 1.26. The molecule has 10 rings (SSSR count). The minimum Gasteiger partial charge on any atom is -0.497 e. The summed E-state index contributed by atoms with van der Waals surface area (Å²) in [4.78, 5) is 49.3. The third-order valence-corrected chi connectivity index (χ3v) is 19.4. The molecule has 0 aliphatic carbocycles. The average molecular weight is 1180 g/mol. The molecular weight excluding hydrogens is 1090 g/mol. The van der Waals surface area contributed by atoms with Crippen LogP contribution in [0.15, 0.2) is 117 Å². The van der Waals surface area contributed by atoms with E-state index < -0.39 is 31.6 Å². The molecule has 0 unspecified atom stereocenters. The third kappa shape index (κ3) is 15.5. The predicted octanol–water partition coefficient (Wildman–Crippen LogP) is 9.14. The molecule has 18 nitrogen and oxygen atoms in total. The lowest BCUT2D eigenvalue weighted by Crippen LogP contribution is -2.39. The third-order valence-electron chi connectivity index (χ3n) is 15.9. The first-order valence-corrected chi connectivity index (χ1v) is 32.6. The minimum absolute atomic E-state index is 0.136. The highest BCUT2D eigenvalue weighted by Crippen LogP contribution is 2.39. The van der Waals surface area contributed by atoms with Crippen molar-refractivity contribution in [3.05, 3.63) is 108 Å². The Kier molecular flexibility index (Phi) is 22.6. The van der Waals surface area contributed by atoms with Gasteiger partial charge in [-0.2, -0.15) is 0 Å².